The lowest BCUT2D eigenvalue weighted by atomic mass is 10.0. The lowest BCUT2D eigenvalue weighted by Gasteiger charge is -2.18. The molecule has 0 aromatic carbocycles. The van der Waals surface area contributed by atoms with Gasteiger partial charge in [-0.05, 0) is 48.0 Å². The van der Waals surface area contributed by atoms with Crippen LogP contribution in [0.3, 0.4) is 0 Å². The highest BCUT2D eigenvalue weighted by molar-refractivity contribution is 9.10. The van der Waals surface area contributed by atoms with Crippen molar-refractivity contribution in [1.82, 2.24) is 9.97 Å². The van der Waals surface area contributed by atoms with E-state index < -0.39 is 0 Å². The molecule has 0 saturated heterocycles. The Morgan fingerprint density at radius 1 is 1.32 bits per heavy atom. The van der Waals surface area contributed by atoms with Gasteiger partial charge in [-0.25, -0.2) is 4.98 Å². The molecular formula is C14H23BrN4. The van der Waals surface area contributed by atoms with E-state index in [-0.39, 0.29) is 0 Å². The smallest absolute Gasteiger partial charge is 0.224 e. The van der Waals surface area contributed by atoms with Gasteiger partial charge < -0.3 is 10.6 Å². The Kier molecular flexibility index (Phi) is 5.43. The SMILES string of the molecule is CCNc1ncc(Br)c(NC2CCCC(C)CC2)n1. The number of aromatic nitrogens is 2. The van der Waals surface area contributed by atoms with Crippen LogP contribution >= 0.6 is 15.9 Å². The van der Waals surface area contributed by atoms with Crippen LogP contribution in [0.5, 0.6) is 0 Å². The molecule has 19 heavy (non-hydrogen) atoms. The standard InChI is InChI=1S/C14H23BrN4/c1-3-16-14-17-9-12(15)13(19-14)18-11-6-4-5-10(2)7-8-11/h9-11H,3-8H2,1-2H3,(H2,16,17,18,19). The number of hydrogen-bond donors (Lipinski definition) is 2. The molecule has 106 valence electrons. The predicted octanol–water partition coefficient (Wildman–Crippen LogP) is 4.05. The van der Waals surface area contributed by atoms with Crippen LogP contribution < -0.4 is 10.6 Å². The van der Waals surface area contributed by atoms with E-state index in [0.29, 0.717) is 12.0 Å². The molecule has 0 radical (unpaired) electrons. The topological polar surface area (TPSA) is 49.8 Å². The number of nitrogens with one attached hydrogen (secondary N) is 2. The zero-order valence-corrected chi connectivity index (χ0v) is 13.3. The van der Waals surface area contributed by atoms with Crippen LogP contribution in [0, 0.1) is 5.92 Å². The van der Waals surface area contributed by atoms with E-state index in [9.17, 15) is 0 Å². The van der Waals surface area contributed by atoms with Crippen LogP contribution in [0.25, 0.3) is 0 Å². The Labute approximate surface area is 123 Å². The van der Waals surface area contributed by atoms with Crippen molar-refractivity contribution in [3.63, 3.8) is 0 Å². The van der Waals surface area contributed by atoms with Crippen LogP contribution in [0.2, 0.25) is 0 Å². The van der Waals surface area contributed by atoms with Crippen LogP contribution in [0.4, 0.5) is 11.8 Å². The van der Waals surface area contributed by atoms with Crippen molar-refractivity contribution in [3.8, 4) is 0 Å². The highest BCUT2D eigenvalue weighted by Crippen LogP contribution is 2.27. The lowest BCUT2D eigenvalue weighted by Crippen LogP contribution is -2.20. The number of anilines is 2. The van der Waals surface area contributed by atoms with Crippen molar-refractivity contribution in [2.45, 2.75) is 52.0 Å². The van der Waals surface area contributed by atoms with Crippen molar-refractivity contribution in [2.24, 2.45) is 5.92 Å². The summed E-state index contributed by atoms with van der Waals surface area (Å²) in [6, 6.07) is 0.533. The third-order valence-corrected chi connectivity index (χ3v) is 4.26. The first kappa shape index (κ1) is 14.6. The van der Waals surface area contributed by atoms with Crippen LogP contribution in [-0.2, 0) is 0 Å². The summed E-state index contributed by atoms with van der Waals surface area (Å²) in [4.78, 5) is 8.77. The molecule has 1 fully saturated rings. The Bertz CT molecular complexity index is 410. The molecule has 1 aliphatic carbocycles. The zero-order valence-electron chi connectivity index (χ0n) is 11.7. The van der Waals surface area contributed by atoms with Crippen LogP contribution in [0.1, 0.15) is 46.0 Å². The Morgan fingerprint density at radius 3 is 2.95 bits per heavy atom. The normalized spacial score (nSPS) is 23.7. The first-order valence-corrected chi connectivity index (χ1v) is 8.01. The van der Waals surface area contributed by atoms with Gasteiger partial charge >= 0.3 is 0 Å². The minimum absolute atomic E-state index is 0.533. The van der Waals surface area contributed by atoms with Gasteiger partial charge in [-0.2, -0.15) is 4.98 Å². The summed E-state index contributed by atoms with van der Waals surface area (Å²) < 4.78 is 0.937. The van der Waals surface area contributed by atoms with E-state index in [0.717, 1.165) is 22.8 Å². The molecule has 1 saturated carbocycles. The Morgan fingerprint density at radius 2 is 2.16 bits per heavy atom. The average Bonchev–Trinajstić information content (AvgIpc) is 2.59. The molecule has 0 aliphatic heterocycles. The largest absolute Gasteiger partial charge is 0.366 e. The third-order valence-electron chi connectivity index (χ3n) is 3.68. The van der Waals surface area contributed by atoms with E-state index in [1.165, 1.54) is 32.1 Å². The summed E-state index contributed by atoms with van der Waals surface area (Å²) in [5, 5.41) is 6.72. The summed E-state index contributed by atoms with van der Waals surface area (Å²) in [6.07, 6.45) is 8.24. The predicted molar refractivity (Wildman–Crippen MR) is 83.6 cm³/mol. The molecule has 0 bridgehead atoms. The minimum Gasteiger partial charge on any atom is -0.366 e. The van der Waals surface area contributed by atoms with Crippen molar-refractivity contribution < 1.29 is 0 Å². The maximum absolute atomic E-state index is 4.53. The summed E-state index contributed by atoms with van der Waals surface area (Å²) in [6.45, 7) is 5.24. The summed E-state index contributed by atoms with van der Waals surface area (Å²) in [5.74, 6) is 2.46. The Balaban J connectivity index is 2.02. The fourth-order valence-electron chi connectivity index (χ4n) is 2.54. The molecule has 1 aromatic rings. The fourth-order valence-corrected chi connectivity index (χ4v) is 2.84. The maximum Gasteiger partial charge on any atom is 0.224 e. The van der Waals surface area contributed by atoms with Crippen LogP contribution in [-0.4, -0.2) is 22.6 Å². The van der Waals surface area contributed by atoms with Gasteiger partial charge in [0.1, 0.15) is 5.82 Å². The molecule has 1 aromatic heterocycles. The molecule has 1 aliphatic rings. The zero-order chi connectivity index (χ0) is 13.7. The second-order valence-electron chi connectivity index (χ2n) is 5.38. The fraction of sp³-hybridized carbons (Fsp3) is 0.714. The molecule has 5 heteroatoms. The van der Waals surface area contributed by atoms with E-state index in [1.807, 2.05) is 13.1 Å². The number of rotatable bonds is 4. The van der Waals surface area contributed by atoms with E-state index in [1.54, 1.807) is 0 Å². The first-order chi connectivity index (χ1) is 9.19. The van der Waals surface area contributed by atoms with Gasteiger partial charge in [-0.15, -0.1) is 0 Å². The van der Waals surface area contributed by atoms with Crippen molar-refractivity contribution in [2.75, 3.05) is 17.2 Å². The van der Waals surface area contributed by atoms with Crippen molar-refractivity contribution >= 4 is 27.7 Å². The molecule has 0 amide bonds. The number of hydrogen-bond acceptors (Lipinski definition) is 4. The molecular weight excluding hydrogens is 304 g/mol. The second-order valence-corrected chi connectivity index (χ2v) is 6.23. The van der Waals surface area contributed by atoms with Gasteiger partial charge in [-0.3, -0.25) is 0 Å². The average molecular weight is 327 g/mol. The summed E-state index contributed by atoms with van der Waals surface area (Å²) in [5.41, 5.74) is 0. The minimum atomic E-state index is 0.533. The van der Waals surface area contributed by atoms with Gasteiger partial charge in [0.2, 0.25) is 5.95 Å². The van der Waals surface area contributed by atoms with E-state index >= 15 is 0 Å². The van der Waals surface area contributed by atoms with Gasteiger partial charge in [-0.1, -0.05) is 19.8 Å². The lowest BCUT2D eigenvalue weighted by molar-refractivity contribution is 0.502. The van der Waals surface area contributed by atoms with Gasteiger partial charge in [0.25, 0.3) is 0 Å². The van der Waals surface area contributed by atoms with Crippen molar-refractivity contribution in [3.05, 3.63) is 10.7 Å². The van der Waals surface area contributed by atoms with Gasteiger partial charge in [0, 0.05) is 18.8 Å². The third kappa shape index (κ3) is 4.34. The molecule has 0 spiro atoms. The van der Waals surface area contributed by atoms with Gasteiger partial charge in [0.05, 0.1) is 4.47 Å². The molecule has 2 atom stereocenters. The highest BCUT2D eigenvalue weighted by atomic mass is 79.9. The summed E-state index contributed by atoms with van der Waals surface area (Å²) >= 11 is 3.52. The quantitative estimate of drug-likeness (QED) is 0.819. The number of halogens is 1. The number of nitrogens with zero attached hydrogens (tertiary/aromatic N) is 2. The first-order valence-electron chi connectivity index (χ1n) is 7.22. The molecule has 2 rings (SSSR count). The van der Waals surface area contributed by atoms with Gasteiger partial charge in [0.15, 0.2) is 0 Å². The maximum atomic E-state index is 4.53. The Hall–Kier alpha value is -0.840. The molecule has 4 nitrogen and oxygen atoms in total. The highest BCUT2D eigenvalue weighted by Gasteiger charge is 2.17. The van der Waals surface area contributed by atoms with Crippen molar-refractivity contribution in [1.29, 1.82) is 0 Å². The second kappa shape index (κ2) is 7.08. The molecule has 1 heterocycles. The summed E-state index contributed by atoms with van der Waals surface area (Å²) in [7, 11) is 0. The van der Waals surface area contributed by atoms with E-state index in [2.05, 4.69) is 43.5 Å². The van der Waals surface area contributed by atoms with E-state index in [4.69, 9.17) is 0 Å². The molecule has 2 N–H and O–H groups in total. The van der Waals surface area contributed by atoms with Crippen LogP contribution in [0.15, 0.2) is 10.7 Å². The molecule has 2 unspecified atom stereocenters. The monoisotopic (exact) mass is 326 g/mol.